The van der Waals surface area contributed by atoms with Crippen molar-refractivity contribution >= 4 is 51.4 Å². The lowest BCUT2D eigenvalue weighted by Gasteiger charge is -2.00. The van der Waals surface area contributed by atoms with E-state index < -0.39 is 5.97 Å². The van der Waals surface area contributed by atoms with Gasteiger partial charge in [0.25, 0.3) is 5.91 Å². The molecule has 6 nitrogen and oxygen atoms in total. The van der Waals surface area contributed by atoms with Gasteiger partial charge in [0.15, 0.2) is 4.34 Å². The van der Waals surface area contributed by atoms with Crippen LogP contribution in [0.15, 0.2) is 58.0 Å². The van der Waals surface area contributed by atoms with Crippen LogP contribution in [0.2, 0.25) is 0 Å². The number of carbonyl (C=O) groups is 2. The molecule has 1 aromatic heterocycles. The van der Waals surface area contributed by atoms with E-state index in [4.69, 9.17) is 0 Å². The summed E-state index contributed by atoms with van der Waals surface area (Å²) in [4.78, 5) is 27.7. The van der Waals surface area contributed by atoms with Crippen LogP contribution in [0.1, 0.15) is 15.9 Å². The molecule has 3 aromatic rings. The molecule has 1 heterocycles. The summed E-state index contributed by atoms with van der Waals surface area (Å²) < 4.78 is 6.59. The number of para-hydroxylation sites is 1. The first-order chi connectivity index (χ1) is 12.7. The Kier molecular flexibility index (Phi) is 5.98. The molecule has 0 saturated heterocycles. The molecule has 3 rings (SSSR count). The fraction of sp³-hybridized carbons (Fsp3) is 0.111. The smallest absolute Gasteiger partial charge is 0.337 e. The Bertz CT molecular complexity index is 919. The van der Waals surface area contributed by atoms with Gasteiger partial charge in [-0.1, -0.05) is 36.0 Å². The van der Waals surface area contributed by atoms with Crippen molar-refractivity contribution in [1.29, 1.82) is 0 Å². The van der Waals surface area contributed by atoms with Crippen molar-refractivity contribution in [3.05, 3.63) is 59.7 Å². The van der Waals surface area contributed by atoms with Gasteiger partial charge in [-0.3, -0.25) is 4.79 Å². The van der Waals surface area contributed by atoms with E-state index in [1.54, 1.807) is 35.6 Å². The SMILES string of the molecule is COC(=O)c1ccc(C=NNC(=O)CSc2nc3ccccc3s2)cc1. The second-order valence-corrected chi connectivity index (χ2v) is 7.40. The Morgan fingerprint density at radius 1 is 1.23 bits per heavy atom. The van der Waals surface area contributed by atoms with E-state index in [0.29, 0.717) is 5.56 Å². The van der Waals surface area contributed by atoms with E-state index in [-0.39, 0.29) is 11.7 Å². The maximum Gasteiger partial charge on any atom is 0.337 e. The van der Waals surface area contributed by atoms with Crippen molar-refractivity contribution in [3.8, 4) is 0 Å². The van der Waals surface area contributed by atoms with Crippen molar-refractivity contribution in [2.75, 3.05) is 12.9 Å². The average Bonchev–Trinajstić information content (AvgIpc) is 3.09. The van der Waals surface area contributed by atoms with Gasteiger partial charge in [0.05, 0.1) is 34.9 Å². The fourth-order valence-corrected chi connectivity index (χ4v) is 3.94. The van der Waals surface area contributed by atoms with E-state index in [9.17, 15) is 9.59 Å². The largest absolute Gasteiger partial charge is 0.465 e. The van der Waals surface area contributed by atoms with Gasteiger partial charge in [-0.15, -0.1) is 11.3 Å². The van der Waals surface area contributed by atoms with Crippen LogP contribution in [-0.4, -0.2) is 35.9 Å². The number of nitrogens with one attached hydrogen (secondary N) is 1. The molecule has 2 aromatic carbocycles. The number of aromatic nitrogens is 1. The van der Waals surface area contributed by atoms with Crippen molar-refractivity contribution in [2.45, 2.75) is 4.34 Å². The number of amides is 1. The number of methoxy groups -OCH3 is 1. The van der Waals surface area contributed by atoms with Crippen LogP contribution < -0.4 is 5.43 Å². The molecule has 0 fully saturated rings. The molecule has 0 aliphatic heterocycles. The predicted molar refractivity (Wildman–Crippen MR) is 104 cm³/mol. The monoisotopic (exact) mass is 385 g/mol. The number of thiazole rings is 1. The van der Waals surface area contributed by atoms with Crippen LogP contribution >= 0.6 is 23.1 Å². The standard InChI is InChI=1S/C18H15N3O3S2/c1-24-17(23)13-8-6-12(7-9-13)10-19-21-16(22)11-25-18-20-14-4-2-3-5-15(14)26-18/h2-10H,11H2,1H3,(H,21,22). The summed E-state index contributed by atoms with van der Waals surface area (Å²) in [6, 6.07) is 14.6. The zero-order valence-corrected chi connectivity index (χ0v) is 15.5. The second kappa shape index (κ2) is 8.59. The number of rotatable bonds is 6. The van der Waals surface area contributed by atoms with Crippen LogP contribution in [0.4, 0.5) is 0 Å². The summed E-state index contributed by atoms with van der Waals surface area (Å²) in [6.07, 6.45) is 1.52. The highest BCUT2D eigenvalue weighted by atomic mass is 32.2. The lowest BCUT2D eigenvalue weighted by atomic mass is 10.1. The molecule has 1 N–H and O–H groups in total. The molecule has 0 bridgehead atoms. The maximum atomic E-state index is 11.9. The number of hydrogen-bond donors (Lipinski definition) is 1. The number of thioether (sulfide) groups is 1. The molecule has 26 heavy (non-hydrogen) atoms. The minimum Gasteiger partial charge on any atom is -0.465 e. The van der Waals surface area contributed by atoms with Gasteiger partial charge in [-0.25, -0.2) is 15.2 Å². The van der Waals surface area contributed by atoms with Crippen molar-refractivity contribution in [2.24, 2.45) is 5.10 Å². The second-order valence-electron chi connectivity index (χ2n) is 5.14. The average molecular weight is 385 g/mol. The normalized spacial score (nSPS) is 11.0. The highest BCUT2D eigenvalue weighted by Crippen LogP contribution is 2.28. The summed E-state index contributed by atoms with van der Waals surface area (Å²) in [5, 5.41) is 3.92. The Labute approximate surface area is 158 Å². The molecule has 1 amide bonds. The van der Waals surface area contributed by atoms with Gasteiger partial charge in [0.1, 0.15) is 0 Å². The number of hydrazone groups is 1. The third kappa shape index (κ3) is 4.68. The molecule has 132 valence electrons. The molecule has 0 atom stereocenters. The summed E-state index contributed by atoms with van der Waals surface area (Å²) in [7, 11) is 1.33. The van der Waals surface area contributed by atoms with Gasteiger partial charge in [0, 0.05) is 0 Å². The van der Waals surface area contributed by atoms with Crippen molar-refractivity contribution in [1.82, 2.24) is 10.4 Å². The Morgan fingerprint density at radius 2 is 2.00 bits per heavy atom. The molecule has 8 heteroatoms. The zero-order chi connectivity index (χ0) is 18.4. The van der Waals surface area contributed by atoms with Crippen LogP contribution in [0.25, 0.3) is 10.2 Å². The highest BCUT2D eigenvalue weighted by Gasteiger charge is 2.07. The van der Waals surface area contributed by atoms with Crippen LogP contribution in [-0.2, 0) is 9.53 Å². The molecule has 0 saturated carbocycles. The van der Waals surface area contributed by atoms with Crippen LogP contribution in [0.3, 0.4) is 0 Å². The Hall–Kier alpha value is -2.71. The molecule has 0 aliphatic carbocycles. The molecule has 0 radical (unpaired) electrons. The van der Waals surface area contributed by atoms with E-state index in [2.05, 4.69) is 20.2 Å². The van der Waals surface area contributed by atoms with E-state index in [0.717, 1.165) is 20.1 Å². The quantitative estimate of drug-likeness (QED) is 0.305. The van der Waals surface area contributed by atoms with E-state index in [1.165, 1.54) is 25.1 Å². The minimum atomic E-state index is -0.395. The Morgan fingerprint density at radius 3 is 2.73 bits per heavy atom. The number of ether oxygens (including phenoxy) is 1. The summed E-state index contributed by atoms with van der Waals surface area (Å²) in [5.41, 5.74) is 4.64. The minimum absolute atomic E-state index is 0.211. The van der Waals surface area contributed by atoms with E-state index >= 15 is 0 Å². The topological polar surface area (TPSA) is 80.6 Å². The number of benzene rings is 2. The van der Waals surface area contributed by atoms with Crippen LogP contribution in [0.5, 0.6) is 0 Å². The van der Waals surface area contributed by atoms with Gasteiger partial charge in [-0.05, 0) is 29.8 Å². The molecular formula is C18H15N3O3S2. The van der Waals surface area contributed by atoms with Gasteiger partial charge >= 0.3 is 5.97 Å². The first-order valence-corrected chi connectivity index (χ1v) is 9.44. The first kappa shape index (κ1) is 18.1. The maximum absolute atomic E-state index is 11.9. The van der Waals surface area contributed by atoms with E-state index in [1.807, 2.05) is 24.3 Å². The number of esters is 1. The highest BCUT2D eigenvalue weighted by molar-refractivity contribution is 8.01. The van der Waals surface area contributed by atoms with Crippen molar-refractivity contribution in [3.63, 3.8) is 0 Å². The molecule has 0 unspecified atom stereocenters. The van der Waals surface area contributed by atoms with Gasteiger partial charge in [0.2, 0.25) is 0 Å². The zero-order valence-electron chi connectivity index (χ0n) is 13.8. The lowest BCUT2D eigenvalue weighted by molar-refractivity contribution is -0.118. The third-order valence-electron chi connectivity index (χ3n) is 3.34. The Balaban J connectivity index is 1.48. The van der Waals surface area contributed by atoms with Gasteiger partial charge < -0.3 is 4.74 Å². The molecule has 0 aliphatic rings. The summed E-state index contributed by atoms with van der Waals surface area (Å²) in [5.74, 6) is -0.372. The van der Waals surface area contributed by atoms with Crippen LogP contribution in [0, 0.1) is 0 Å². The van der Waals surface area contributed by atoms with Crippen molar-refractivity contribution < 1.29 is 14.3 Å². The molecule has 0 spiro atoms. The third-order valence-corrected chi connectivity index (χ3v) is 5.52. The summed E-state index contributed by atoms with van der Waals surface area (Å²) >= 11 is 2.94. The van der Waals surface area contributed by atoms with Gasteiger partial charge in [-0.2, -0.15) is 5.10 Å². The number of carbonyl (C=O) groups excluding carboxylic acids is 2. The lowest BCUT2D eigenvalue weighted by Crippen LogP contribution is -2.19. The number of hydrogen-bond acceptors (Lipinski definition) is 7. The predicted octanol–water partition coefficient (Wildman–Crippen LogP) is 3.33. The first-order valence-electron chi connectivity index (χ1n) is 7.64. The fourth-order valence-electron chi connectivity index (χ4n) is 2.07. The number of nitrogens with zero attached hydrogens (tertiary/aromatic N) is 2. The summed E-state index contributed by atoms with van der Waals surface area (Å²) in [6.45, 7) is 0. The number of fused-ring (bicyclic) bond motifs is 1. The molecular weight excluding hydrogens is 370 g/mol.